The first-order valence-electron chi connectivity index (χ1n) is 7.32. The fraction of sp³-hybridized carbons (Fsp3) is 0.600. The van der Waals surface area contributed by atoms with E-state index in [0.29, 0.717) is 25.6 Å². The van der Waals surface area contributed by atoms with Gasteiger partial charge in [0.25, 0.3) is 0 Å². The topological polar surface area (TPSA) is 62.6 Å². The van der Waals surface area contributed by atoms with Crippen molar-refractivity contribution in [2.24, 2.45) is 5.92 Å². The van der Waals surface area contributed by atoms with Crippen LogP contribution in [0.4, 0.5) is 0 Å². The lowest BCUT2D eigenvalue weighted by molar-refractivity contribution is -0.130. The fourth-order valence-corrected chi connectivity index (χ4v) is 3.20. The molecule has 1 aromatic rings. The highest BCUT2D eigenvalue weighted by molar-refractivity contribution is 5.89. The normalized spacial score (nSPS) is 23.5. The molecule has 2 aliphatic rings. The number of nitrogens with zero attached hydrogens (tertiary/aromatic N) is 1. The van der Waals surface area contributed by atoms with Crippen molar-refractivity contribution in [3.63, 3.8) is 0 Å². The summed E-state index contributed by atoms with van der Waals surface area (Å²) in [5, 5.41) is 2.88. The molecule has 1 N–H and O–H groups in total. The lowest BCUT2D eigenvalue weighted by Gasteiger charge is -2.23. The molecule has 0 radical (unpaired) electrons. The van der Waals surface area contributed by atoms with E-state index in [1.165, 1.54) is 12.8 Å². The largest absolute Gasteiger partial charge is 0.472 e. The number of likely N-dealkylation sites (tertiary alicyclic amines) is 1. The van der Waals surface area contributed by atoms with Crippen molar-refractivity contribution in [2.75, 3.05) is 6.54 Å². The Bertz CT molecular complexity index is 477. The minimum absolute atomic E-state index is 0.0277. The average molecular weight is 276 g/mol. The zero-order valence-electron chi connectivity index (χ0n) is 11.5. The summed E-state index contributed by atoms with van der Waals surface area (Å²) in [6.07, 6.45) is 8.14. The van der Waals surface area contributed by atoms with Crippen LogP contribution in [-0.2, 0) is 16.1 Å². The van der Waals surface area contributed by atoms with Crippen molar-refractivity contribution in [2.45, 2.75) is 44.7 Å². The van der Waals surface area contributed by atoms with Gasteiger partial charge in [-0.25, -0.2) is 0 Å². The van der Waals surface area contributed by atoms with Gasteiger partial charge in [-0.05, 0) is 18.9 Å². The van der Waals surface area contributed by atoms with Crippen LogP contribution in [0.25, 0.3) is 0 Å². The van der Waals surface area contributed by atoms with Gasteiger partial charge in [-0.15, -0.1) is 0 Å². The molecule has 1 aliphatic carbocycles. The number of nitrogens with one attached hydrogen (secondary N) is 1. The second-order valence-electron chi connectivity index (χ2n) is 5.73. The van der Waals surface area contributed by atoms with E-state index in [-0.39, 0.29) is 17.7 Å². The van der Waals surface area contributed by atoms with Crippen molar-refractivity contribution in [1.29, 1.82) is 0 Å². The van der Waals surface area contributed by atoms with Crippen LogP contribution < -0.4 is 5.32 Å². The summed E-state index contributed by atoms with van der Waals surface area (Å²) in [4.78, 5) is 26.1. The Morgan fingerprint density at radius 2 is 2.20 bits per heavy atom. The monoisotopic (exact) mass is 276 g/mol. The van der Waals surface area contributed by atoms with E-state index in [1.54, 1.807) is 12.5 Å². The highest BCUT2D eigenvalue weighted by atomic mass is 16.3. The van der Waals surface area contributed by atoms with Gasteiger partial charge in [0.1, 0.15) is 0 Å². The quantitative estimate of drug-likeness (QED) is 0.910. The standard InChI is InChI=1S/C15H20N2O3/c18-14-7-12(9-17(14)13-3-1-2-4-13)15(19)16-8-11-5-6-20-10-11/h5-6,10,12-13H,1-4,7-9H2,(H,16,19). The van der Waals surface area contributed by atoms with Gasteiger partial charge in [-0.2, -0.15) is 0 Å². The minimum atomic E-state index is -0.199. The third-order valence-electron chi connectivity index (χ3n) is 4.34. The molecule has 2 heterocycles. The van der Waals surface area contributed by atoms with E-state index in [0.717, 1.165) is 18.4 Å². The first-order chi connectivity index (χ1) is 9.74. The van der Waals surface area contributed by atoms with Crippen LogP contribution in [-0.4, -0.2) is 29.3 Å². The fourth-order valence-electron chi connectivity index (χ4n) is 3.20. The summed E-state index contributed by atoms with van der Waals surface area (Å²) in [7, 11) is 0. The number of amides is 2. The molecule has 3 rings (SSSR count). The van der Waals surface area contributed by atoms with Crippen LogP contribution in [0.15, 0.2) is 23.0 Å². The number of hydrogen-bond donors (Lipinski definition) is 1. The molecule has 1 atom stereocenters. The maximum absolute atomic E-state index is 12.1. The van der Waals surface area contributed by atoms with Crippen LogP contribution in [0.5, 0.6) is 0 Å². The number of furan rings is 1. The van der Waals surface area contributed by atoms with Crippen LogP contribution in [0.2, 0.25) is 0 Å². The van der Waals surface area contributed by atoms with Crippen molar-refractivity contribution < 1.29 is 14.0 Å². The molecule has 2 amide bonds. The van der Waals surface area contributed by atoms with Crippen LogP contribution >= 0.6 is 0 Å². The summed E-state index contributed by atoms with van der Waals surface area (Å²) < 4.78 is 4.96. The zero-order chi connectivity index (χ0) is 13.9. The first-order valence-corrected chi connectivity index (χ1v) is 7.32. The Morgan fingerprint density at radius 3 is 2.90 bits per heavy atom. The Labute approximate surface area is 118 Å². The van der Waals surface area contributed by atoms with E-state index in [2.05, 4.69) is 5.32 Å². The number of rotatable bonds is 4. The number of hydrogen-bond acceptors (Lipinski definition) is 3. The van der Waals surface area contributed by atoms with Gasteiger partial charge in [-0.3, -0.25) is 9.59 Å². The predicted octanol–water partition coefficient (Wildman–Crippen LogP) is 1.69. The second-order valence-corrected chi connectivity index (χ2v) is 5.73. The third-order valence-corrected chi connectivity index (χ3v) is 4.34. The molecular weight excluding hydrogens is 256 g/mol. The smallest absolute Gasteiger partial charge is 0.225 e. The summed E-state index contributed by atoms with van der Waals surface area (Å²) in [5.41, 5.74) is 0.940. The zero-order valence-corrected chi connectivity index (χ0v) is 11.5. The average Bonchev–Trinajstić information content (AvgIpc) is 3.17. The van der Waals surface area contributed by atoms with Gasteiger partial charge in [0.15, 0.2) is 0 Å². The maximum atomic E-state index is 12.1. The molecule has 108 valence electrons. The van der Waals surface area contributed by atoms with Gasteiger partial charge in [-0.1, -0.05) is 12.8 Å². The van der Waals surface area contributed by atoms with Crippen LogP contribution in [0, 0.1) is 5.92 Å². The lowest BCUT2D eigenvalue weighted by atomic mass is 10.1. The maximum Gasteiger partial charge on any atom is 0.225 e. The lowest BCUT2D eigenvalue weighted by Crippen LogP contribution is -2.36. The van der Waals surface area contributed by atoms with E-state index in [1.807, 2.05) is 11.0 Å². The Kier molecular flexibility index (Phi) is 3.76. The molecule has 2 fully saturated rings. The van der Waals surface area contributed by atoms with Gasteiger partial charge in [0.2, 0.25) is 11.8 Å². The summed E-state index contributed by atoms with van der Waals surface area (Å²) >= 11 is 0. The van der Waals surface area contributed by atoms with E-state index in [4.69, 9.17) is 4.42 Å². The summed E-state index contributed by atoms with van der Waals surface area (Å²) in [6, 6.07) is 2.19. The van der Waals surface area contributed by atoms with Crippen LogP contribution in [0.1, 0.15) is 37.7 Å². The SMILES string of the molecule is O=C(NCc1ccoc1)C1CC(=O)N(C2CCCC2)C1. The number of carbonyl (C=O) groups is 2. The molecule has 1 saturated heterocycles. The van der Waals surface area contributed by atoms with Gasteiger partial charge < -0.3 is 14.6 Å². The molecule has 0 bridgehead atoms. The van der Waals surface area contributed by atoms with E-state index < -0.39 is 0 Å². The molecule has 1 aromatic heterocycles. The molecule has 0 spiro atoms. The van der Waals surface area contributed by atoms with Crippen molar-refractivity contribution >= 4 is 11.8 Å². The first kappa shape index (κ1) is 13.2. The van der Waals surface area contributed by atoms with Crippen LogP contribution in [0.3, 0.4) is 0 Å². The van der Waals surface area contributed by atoms with Crippen molar-refractivity contribution in [3.8, 4) is 0 Å². The summed E-state index contributed by atoms with van der Waals surface area (Å²) in [5.74, 6) is -0.0876. The van der Waals surface area contributed by atoms with Gasteiger partial charge in [0.05, 0.1) is 18.4 Å². The molecule has 20 heavy (non-hydrogen) atoms. The highest BCUT2D eigenvalue weighted by Gasteiger charge is 2.38. The molecule has 1 aliphatic heterocycles. The predicted molar refractivity (Wildman–Crippen MR) is 72.6 cm³/mol. The Balaban J connectivity index is 1.52. The molecule has 1 unspecified atom stereocenters. The van der Waals surface area contributed by atoms with Gasteiger partial charge >= 0.3 is 0 Å². The highest BCUT2D eigenvalue weighted by Crippen LogP contribution is 2.29. The van der Waals surface area contributed by atoms with Gasteiger partial charge in [0, 0.05) is 31.1 Å². The third kappa shape index (κ3) is 2.71. The van der Waals surface area contributed by atoms with E-state index >= 15 is 0 Å². The molecular formula is C15H20N2O3. The Hall–Kier alpha value is -1.78. The van der Waals surface area contributed by atoms with E-state index in [9.17, 15) is 9.59 Å². The number of carbonyl (C=O) groups excluding carboxylic acids is 2. The van der Waals surface area contributed by atoms with Crippen molar-refractivity contribution in [3.05, 3.63) is 24.2 Å². The Morgan fingerprint density at radius 1 is 1.40 bits per heavy atom. The molecule has 1 saturated carbocycles. The second kappa shape index (κ2) is 5.69. The summed E-state index contributed by atoms with van der Waals surface area (Å²) in [6.45, 7) is 1.05. The van der Waals surface area contributed by atoms with Crippen molar-refractivity contribution in [1.82, 2.24) is 10.2 Å². The molecule has 5 heteroatoms. The molecule has 0 aromatic carbocycles. The minimum Gasteiger partial charge on any atom is -0.472 e. The molecule has 5 nitrogen and oxygen atoms in total.